The van der Waals surface area contributed by atoms with Crippen LogP contribution in [0.25, 0.3) is 22.4 Å². The first-order valence-electron chi connectivity index (χ1n) is 12.2. The van der Waals surface area contributed by atoms with E-state index in [0.717, 1.165) is 16.9 Å². The van der Waals surface area contributed by atoms with E-state index in [2.05, 4.69) is 46.2 Å². The van der Waals surface area contributed by atoms with Crippen molar-refractivity contribution in [1.82, 2.24) is 20.4 Å². The second-order valence-electron chi connectivity index (χ2n) is 9.77. The third kappa shape index (κ3) is 5.29. The van der Waals surface area contributed by atoms with Gasteiger partial charge in [0.25, 0.3) is 0 Å². The number of rotatable bonds is 7. The van der Waals surface area contributed by atoms with Gasteiger partial charge in [-0.3, -0.25) is 0 Å². The Hall–Kier alpha value is -3.22. The molecule has 180 valence electrons. The van der Waals surface area contributed by atoms with Crippen LogP contribution in [0.2, 0.25) is 0 Å². The quantitative estimate of drug-likeness (QED) is 0.439. The second-order valence-corrected chi connectivity index (χ2v) is 9.77. The van der Waals surface area contributed by atoms with Crippen LogP contribution >= 0.6 is 0 Å². The number of aromatic hydroxyl groups is 1. The van der Waals surface area contributed by atoms with Crippen molar-refractivity contribution in [2.24, 2.45) is 5.41 Å². The molecule has 3 aromatic rings. The van der Waals surface area contributed by atoms with E-state index in [9.17, 15) is 5.11 Å². The highest BCUT2D eigenvalue weighted by Crippen LogP contribution is 2.40. The summed E-state index contributed by atoms with van der Waals surface area (Å²) in [5.41, 5.74) is 3.32. The molecule has 1 aliphatic rings. The number of methoxy groups -OCH3 is 1. The van der Waals surface area contributed by atoms with E-state index in [0.29, 0.717) is 28.6 Å². The molecule has 7 heteroatoms. The molecule has 1 aromatic carbocycles. The van der Waals surface area contributed by atoms with Crippen molar-refractivity contribution in [3.05, 3.63) is 42.6 Å². The molecular formula is C27H35N5O2. The number of anilines is 1. The summed E-state index contributed by atoms with van der Waals surface area (Å²) >= 11 is 0. The molecule has 0 radical (unpaired) electrons. The maximum Gasteiger partial charge on any atom is 0.233 e. The molecule has 7 nitrogen and oxygen atoms in total. The van der Waals surface area contributed by atoms with Crippen LogP contribution in [0.3, 0.4) is 0 Å². The predicted molar refractivity (Wildman–Crippen MR) is 135 cm³/mol. The lowest BCUT2D eigenvalue weighted by molar-refractivity contribution is 0.238. The molecule has 0 amide bonds. The smallest absolute Gasteiger partial charge is 0.233 e. The molecule has 0 saturated heterocycles. The lowest BCUT2D eigenvalue weighted by atomic mass is 9.77. The first-order valence-corrected chi connectivity index (χ1v) is 12.2. The SMILES string of the molecule is CCC[C@]1(C)CCCC[C@H](N(C)c2ccc(-c3ccc(-c4cnnc(OC)c4)cc3O)nn2)C1. The van der Waals surface area contributed by atoms with E-state index >= 15 is 0 Å². The number of hydrogen-bond donors (Lipinski definition) is 1. The van der Waals surface area contributed by atoms with Crippen LogP contribution in [0.5, 0.6) is 11.6 Å². The summed E-state index contributed by atoms with van der Waals surface area (Å²) in [5, 5.41) is 27.5. The van der Waals surface area contributed by atoms with Gasteiger partial charge in [-0.15, -0.1) is 15.3 Å². The zero-order chi connectivity index (χ0) is 24.1. The Bertz CT molecular complexity index is 1100. The van der Waals surface area contributed by atoms with Crippen molar-refractivity contribution >= 4 is 5.82 Å². The highest BCUT2D eigenvalue weighted by Gasteiger charge is 2.32. The molecule has 2 heterocycles. The van der Waals surface area contributed by atoms with Gasteiger partial charge in [0.1, 0.15) is 5.75 Å². The first kappa shape index (κ1) is 23.9. The minimum absolute atomic E-state index is 0.141. The van der Waals surface area contributed by atoms with E-state index in [-0.39, 0.29) is 5.75 Å². The van der Waals surface area contributed by atoms with Crippen LogP contribution in [0.1, 0.15) is 58.8 Å². The maximum absolute atomic E-state index is 10.7. The van der Waals surface area contributed by atoms with Crippen molar-refractivity contribution in [1.29, 1.82) is 0 Å². The minimum atomic E-state index is 0.141. The zero-order valence-electron chi connectivity index (χ0n) is 20.7. The topological polar surface area (TPSA) is 84.3 Å². The van der Waals surface area contributed by atoms with E-state index in [1.165, 1.54) is 44.9 Å². The molecule has 0 spiro atoms. The lowest BCUT2D eigenvalue weighted by Crippen LogP contribution is -2.36. The van der Waals surface area contributed by atoms with Gasteiger partial charge < -0.3 is 14.7 Å². The van der Waals surface area contributed by atoms with Crippen molar-refractivity contribution < 1.29 is 9.84 Å². The minimum Gasteiger partial charge on any atom is -0.507 e. The molecule has 1 saturated carbocycles. The van der Waals surface area contributed by atoms with Gasteiger partial charge in [-0.05, 0) is 60.9 Å². The summed E-state index contributed by atoms with van der Waals surface area (Å²) < 4.78 is 5.15. The van der Waals surface area contributed by atoms with Crippen LogP contribution in [-0.4, -0.2) is 45.7 Å². The third-order valence-electron chi connectivity index (χ3n) is 7.16. The summed E-state index contributed by atoms with van der Waals surface area (Å²) in [6.07, 6.45) is 10.4. The molecule has 2 aromatic heterocycles. The van der Waals surface area contributed by atoms with E-state index in [1.807, 2.05) is 24.3 Å². The fraction of sp³-hybridized carbons (Fsp3) is 0.481. The van der Waals surface area contributed by atoms with Gasteiger partial charge in [-0.25, -0.2) is 0 Å². The Labute approximate surface area is 202 Å². The Morgan fingerprint density at radius 1 is 1.09 bits per heavy atom. The third-order valence-corrected chi connectivity index (χ3v) is 7.16. The molecule has 0 bridgehead atoms. The van der Waals surface area contributed by atoms with Crippen LogP contribution in [0, 0.1) is 5.41 Å². The van der Waals surface area contributed by atoms with Crippen molar-refractivity contribution in [2.75, 3.05) is 19.1 Å². The number of phenolic OH excluding ortho intramolecular Hbond substituents is 1. The normalized spacial score (nSPS) is 20.5. The standard InChI is InChI=1S/C27H35N5O2/c1-5-13-27(2)14-7-6-8-21(17-27)32(3)25-12-11-23(29-30-25)22-10-9-19(15-24(22)33)20-16-26(34-4)31-28-18-20/h9-12,15-16,18,21,33H,5-8,13-14,17H2,1-4H3/t21-,27+/m0/s1. The van der Waals surface area contributed by atoms with Gasteiger partial charge in [0.05, 0.1) is 19.0 Å². The second kappa shape index (κ2) is 10.4. The molecule has 34 heavy (non-hydrogen) atoms. The van der Waals surface area contributed by atoms with E-state index < -0.39 is 0 Å². The van der Waals surface area contributed by atoms with E-state index in [1.54, 1.807) is 25.4 Å². The summed E-state index contributed by atoms with van der Waals surface area (Å²) in [7, 11) is 3.68. The van der Waals surface area contributed by atoms with Gasteiger partial charge in [0.2, 0.25) is 5.88 Å². The Kier molecular flexibility index (Phi) is 7.29. The van der Waals surface area contributed by atoms with Crippen molar-refractivity contribution in [3.63, 3.8) is 0 Å². The van der Waals surface area contributed by atoms with Crippen LogP contribution in [0.4, 0.5) is 5.82 Å². The first-order chi connectivity index (χ1) is 16.4. The molecule has 0 aliphatic heterocycles. The number of nitrogens with zero attached hydrogens (tertiary/aromatic N) is 5. The van der Waals surface area contributed by atoms with Gasteiger partial charge in [-0.1, -0.05) is 39.2 Å². The Balaban J connectivity index is 1.52. The average Bonchev–Trinajstić information content (AvgIpc) is 3.05. The van der Waals surface area contributed by atoms with Crippen molar-refractivity contribution in [3.8, 4) is 34.0 Å². The van der Waals surface area contributed by atoms with Crippen LogP contribution < -0.4 is 9.64 Å². The highest BCUT2D eigenvalue weighted by atomic mass is 16.5. The molecule has 4 rings (SSSR count). The number of ether oxygens (including phenoxy) is 1. The molecule has 1 N–H and O–H groups in total. The highest BCUT2D eigenvalue weighted by molar-refractivity contribution is 5.74. The van der Waals surface area contributed by atoms with Crippen LogP contribution in [0.15, 0.2) is 42.6 Å². The molecule has 1 aliphatic carbocycles. The number of aromatic nitrogens is 4. The van der Waals surface area contributed by atoms with Crippen LogP contribution in [-0.2, 0) is 0 Å². The van der Waals surface area contributed by atoms with Crippen molar-refractivity contribution in [2.45, 2.75) is 64.8 Å². The lowest BCUT2D eigenvalue weighted by Gasteiger charge is -2.35. The Morgan fingerprint density at radius 2 is 1.94 bits per heavy atom. The largest absolute Gasteiger partial charge is 0.507 e. The molecular weight excluding hydrogens is 426 g/mol. The fourth-order valence-electron chi connectivity index (χ4n) is 5.24. The average molecular weight is 462 g/mol. The van der Waals surface area contributed by atoms with Gasteiger partial charge in [-0.2, -0.15) is 5.10 Å². The maximum atomic E-state index is 10.7. The number of benzene rings is 1. The summed E-state index contributed by atoms with van der Waals surface area (Å²) in [5.74, 6) is 1.44. The molecule has 2 atom stereocenters. The number of hydrogen-bond acceptors (Lipinski definition) is 7. The van der Waals surface area contributed by atoms with Gasteiger partial charge in [0.15, 0.2) is 5.82 Å². The summed E-state index contributed by atoms with van der Waals surface area (Å²) in [6, 6.07) is 11.7. The number of phenols is 1. The summed E-state index contributed by atoms with van der Waals surface area (Å²) in [4.78, 5) is 2.29. The Morgan fingerprint density at radius 3 is 2.65 bits per heavy atom. The zero-order valence-corrected chi connectivity index (χ0v) is 20.7. The molecule has 1 fully saturated rings. The summed E-state index contributed by atoms with van der Waals surface area (Å²) in [6.45, 7) is 4.73. The monoisotopic (exact) mass is 461 g/mol. The predicted octanol–water partition coefficient (Wildman–Crippen LogP) is 5.89. The molecule has 0 unspecified atom stereocenters. The van der Waals surface area contributed by atoms with Gasteiger partial charge >= 0.3 is 0 Å². The van der Waals surface area contributed by atoms with Gasteiger partial charge in [0, 0.05) is 30.3 Å². The fourth-order valence-corrected chi connectivity index (χ4v) is 5.24. The van der Waals surface area contributed by atoms with E-state index in [4.69, 9.17) is 4.74 Å².